The van der Waals surface area contributed by atoms with Crippen molar-refractivity contribution in [3.05, 3.63) is 107 Å². The van der Waals surface area contributed by atoms with Gasteiger partial charge in [0.2, 0.25) is 5.95 Å². The van der Waals surface area contributed by atoms with E-state index in [1.165, 1.54) is 17.7 Å². The molecule has 7 heteroatoms. The normalized spacial score (nSPS) is 14.8. The van der Waals surface area contributed by atoms with E-state index in [2.05, 4.69) is 22.1 Å². The van der Waals surface area contributed by atoms with Crippen molar-refractivity contribution < 1.29 is 13.9 Å². The Bertz CT molecular complexity index is 1410. The summed E-state index contributed by atoms with van der Waals surface area (Å²) in [5.74, 6) is 1.15. The van der Waals surface area contributed by atoms with Gasteiger partial charge in [0.25, 0.3) is 0 Å². The highest BCUT2D eigenvalue weighted by Crippen LogP contribution is 2.37. The van der Waals surface area contributed by atoms with Crippen molar-refractivity contribution in [2.45, 2.75) is 33.2 Å². The van der Waals surface area contributed by atoms with Gasteiger partial charge in [0, 0.05) is 23.5 Å². The Morgan fingerprint density at radius 3 is 2.53 bits per heavy atom. The number of ether oxygens (including phenoxy) is 1. The number of nitrogens with zero attached hydrogens (tertiary/aromatic N) is 3. The SMILES string of the molecule is Cc1nc(Nc2ccc(F)cc2)nc(N2CCc3ccc(OC(=O)c4ccccc4)cc3[C@H]2C)c1C. The van der Waals surface area contributed by atoms with Gasteiger partial charge >= 0.3 is 5.97 Å². The molecular weight excluding hydrogens is 455 g/mol. The van der Waals surface area contributed by atoms with Gasteiger partial charge in [-0.25, -0.2) is 14.2 Å². The fraction of sp³-hybridized carbons (Fsp3) is 0.207. The fourth-order valence-corrected chi connectivity index (χ4v) is 4.50. The maximum Gasteiger partial charge on any atom is 0.343 e. The van der Waals surface area contributed by atoms with Crippen LogP contribution in [0.3, 0.4) is 0 Å². The third-order valence-corrected chi connectivity index (χ3v) is 6.61. The summed E-state index contributed by atoms with van der Waals surface area (Å²) < 4.78 is 19.0. The molecule has 5 rings (SSSR count). The van der Waals surface area contributed by atoms with Crippen LogP contribution in [0.2, 0.25) is 0 Å². The van der Waals surface area contributed by atoms with Crippen molar-refractivity contribution in [1.82, 2.24) is 9.97 Å². The number of aromatic nitrogens is 2. The minimum atomic E-state index is -0.380. The summed E-state index contributed by atoms with van der Waals surface area (Å²) in [7, 11) is 0. The van der Waals surface area contributed by atoms with Gasteiger partial charge in [-0.2, -0.15) is 4.98 Å². The van der Waals surface area contributed by atoms with E-state index in [1.807, 2.05) is 50.2 Å². The summed E-state index contributed by atoms with van der Waals surface area (Å²) >= 11 is 0. The molecule has 0 saturated carbocycles. The molecule has 3 aromatic carbocycles. The lowest BCUT2D eigenvalue weighted by atomic mass is 9.93. The molecule has 1 N–H and O–H groups in total. The minimum absolute atomic E-state index is 0.01000. The van der Waals surface area contributed by atoms with Crippen LogP contribution in [0.25, 0.3) is 0 Å². The Morgan fingerprint density at radius 1 is 1.03 bits per heavy atom. The number of anilines is 3. The standard InChI is InChI=1S/C29H27FN4O2/c1-18-19(2)31-29(32-24-12-10-23(30)11-13-24)33-27(18)34-16-15-21-9-14-25(17-26(21)20(34)3)36-28(35)22-7-5-4-6-8-22/h4-14,17,20H,15-16H2,1-3H3,(H,31,32,33)/t20-/m1/s1. The maximum atomic E-state index is 13.3. The quantitative estimate of drug-likeness (QED) is 0.265. The summed E-state index contributed by atoms with van der Waals surface area (Å²) in [6, 6.07) is 20.9. The Labute approximate surface area is 209 Å². The minimum Gasteiger partial charge on any atom is -0.423 e. The predicted octanol–water partition coefficient (Wildman–Crippen LogP) is 6.32. The molecule has 6 nitrogen and oxygen atoms in total. The molecule has 182 valence electrons. The molecule has 1 aromatic heterocycles. The van der Waals surface area contributed by atoms with Gasteiger partial charge in [-0.1, -0.05) is 24.3 Å². The average Bonchev–Trinajstić information content (AvgIpc) is 2.89. The van der Waals surface area contributed by atoms with Crippen LogP contribution in [-0.2, 0) is 6.42 Å². The molecule has 1 aliphatic heterocycles. The topological polar surface area (TPSA) is 67.3 Å². The van der Waals surface area contributed by atoms with Gasteiger partial charge < -0.3 is 15.0 Å². The molecule has 0 fully saturated rings. The summed E-state index contributed by atoms with van der Waals surface area (Å²) in [4.78, 5) is 24.2. The molecule has 0 spiro atoms. The first-order chi connectivity index (χ1) is 17.4. The number of carbonyl (C=O) groups is 1. The first-order valence-corrected chi connectivity index (χ1v) is 11.9. The number of halogens is 1. The number of hydrogen-bond acceptors (Lipinski definition) is 6. The molecule has 1 aliphatic rings. The third kappa shape index (κ3) is 4.77. The lowest BCUT2D eigenvalue weighted by molar-refractivity contribution is 0.0734. The molecule has 0 aliphatic carbocycles. The number of nitrogens with one attached hydrogen (secondary N) is 1. The lowest BCUT2D eigenvalue weighted by Gasteiger charge is -2.37. The number of fused-ring (bicyclic) bond motifs is 1. The smallest absolute Gasteiger partial charge is 0.343 e. The number of rotatable bonds is 5. The van der Waals surface area contributed by atoms with Gasteiger partial charge in [-0.3, -0.25) is 0 Å². The molecule has 2 heterocycles. The molecule has 4 aromatic rings. The van der Waals surface area contributed by atoms with Crippen LogP contribution in [0.5, 0.6) is 5.75 Å². The molecule has 0 saturated heterocycles. The summed E-state index contributed by atoms with van der Waals surface area (Å²) in [6.45, 7) is 6.90. The van der Waals surface area contributed by atoms with Crippen molar-refractivity contribution in [1.29, 1.82) is 0 Å². The summed E-state index contributed by atoms with van der Waals surface area (Å²) in [5.41, 5.74) is 5.43. The second-order valence-corrected chi connectivity index (χ2v) is 8.95. The Kier molecular flexibility index (Phi) is 6.38. The molecule has 0 amide bonds. The molecule has 0 bridgehead atoms. The summed E-state index contributed by atoms with van der Waals surface area (Å²) in [5, 5.41) is 3.19. The van der Waals surface area contributed by atoms with Crippen molar-refractivity contribution in [3.63, 3.8) is 0 Å². The van der Waals surface area contributed by atoms with Crippen LogP contribution in [-0.4, -0.2) is 22.5 Å². The van der Waals surface area contributed by atoms with Crippen molar-refractivity contribution in [2.24, 2.45) is 0 Å². The van der Waals surface area contributed by atoms with E-state index in [9.17, 15) is 9.18 Å². The van der Waals surface area contributed by atoms with Crippen molar-refractivity contribution in [3.8, 4) is 5.75 Å². The molecule has 36 heavy (non-hydrogen) atoms. The predicted molar refractivity (Wildman–Crippen MR) is 138 cm³/mol. The van der Waals surface area contributed by atoms with E-state index in [1.54, 1.807) is 24.3 Å². The van der Waals surface area contributed by atoms with Crippen LogP contribution in [0.4, 0.5) is 21.8 Å². The molecule has 1 atom stereocenters. The van der Waals surface area contributed by atoms with Gasteiger partial charge in [0.15, 0.2) is 0 Å². The Hall–Kier alpha value is -4.26. The second kappa shape index (κ2) is 9.77. The highest BCUT2D eigenvalue weighted by atomic mass is 19.1. The van der Waals surface area contributed by atoms with Crippen LogP contribution in [0, 0.1) is 19.7 Å². The number of benzene rings is 3. The van der Waals surface area contributed by atoms with Gasteiger partial charge in [0.05, 0.1) is 11.6 Å². The molecule has 0 unspecified atom stereocenters. The van der Waals surface area contributed by atoms with Gasteiger partial charge in [-0.15, -0.1) is 0 Å². The summed E-state index contributed by atoms with van der Waals surface area (Å²) in [6.07, 6.45) is 0.843. The fourth-order valence-electron chi connectivity index (χ4n) is 4.50. The largest absolute Gasteiger partial charge is 0.423 e. The van der Waals surface area contributed by atoms with Crippen LogP contribution in [0.15, 0.2) is 72.8 Å². The maximum absolute atomic E-state index is 13.3. The van der Waals surface area contributed by atoms with E-state index < -0.39 is 0 Å². The van der Waals surface area contributed by atoms with Crippen LogP contribution < -0.4 is 15.0 Å². The number of aryl methyl sites for hydroxylation is 1. The van der Waals surface area contributed by atoms with E-state index in [0.717, 1.165) is 35.6 Å². The van der Waals surface area contributed by atoms with E-state index in [0.29, 0.717) is 22.9 Å². The highest BCUT2D eigenvalue weighted by molar-refractivity contribution is 5.91. The van der Waals surface area contributed by atoms with Gasteiger partial charge in [-0.05, 0) is 86.8 Å². The molecule has 0 radical (unpaired) electrons. The van der Waals surface area contributed by atoms with E-state index >= 15 is 0 Å². The highest BCUT2D eigenvalue weighted by Gasteiger charge is 2.28. The number of esters is 1. The zero-order valence-corrected chi connectivity index (χ0v) is 20.5. The first kappa shape index (κ1) is 23.5. The van der Waals surface area contributed by atoms with Crippen molar-refractivity contribution >= 4 is 23.4 Å². The van der Waals surface area contributed by atoms with E-state index in [-0.39, 0.29) is 17.8 Å². The zero-order valence-electron chi connectivity index (χ0n) is 20.5. The second-order valence-electron chi connectivity index (χ2n) is 8.95. The average molecular weight is 483 g/mol. The Morgan fingerprint density at radius 2 is 1.78 bits per heavy atom. The third-order valence-electron chi connectivity index (χ3n) is 6.61. The zero-order chi connectivity index (χ0) is 25.2. The van der Waals surface area contributed by atoms with E-state index in [4.69, 9.17) is 9.72 Å². The van der Waals surface area contributed by atoms with Crippen LogP contribution >= 0.6 is 0 Å². The van der Waals surface area contributed by atoms with Crippen LogP contribution in [0.1, 0.15) is 45.7 Å². The van der Waals surface area contributed by atoms with Gasteiger partial charge in [0.1, 0.15) is 17.4 Å². The molecular formula is C29H27FN4O2. The number of carbonyl (C=O) groups excluding carboxylic acids is 1. The monoisotopic (exact) mass is 482 g/mol. The lowest BCUT2D eigenvalue weighted by Crippen LogP contribution is -2.35. The Balaban J connectivity index is 1.41. The number of hydrogen-bond donors (Lipinski definition) is 1. The van der Waals surface area contributed by atoms with Crippen molar-refractivity contribution in [2.75, 3.05) is 16.8 Å². The first-order valence-electron chi connectivity index (χ1n) is 11.9.